The molecule has 0 fully saturated rings. The zero-order valence-corrected chi connectivity index (χ0v) is 53.8. The summed E-state index contributed by atoms with van der Waals surface area (Å²) in [6.07, 6.45) is 90.5. The molecule has 3 N–H and O–H groups in total. The van der Waals surface area contributed by atoms with Crippen LogP contribution in [0.1, 0.15) is 386 Å². The summed E-state index contributed by atoms with van der Waals surface area (Å²) in [5, 5.41) is 23.2. The molecular weight excluding hydrogens is 983 g/mol. The van der Waals surface area contributed by atoms with Crippen molar-refractivity contribution in [2.45, 2.75) is 398 Å². The van der Waals surface area contributed by atoms with Gasteiger partial charge < -0.3 is 20.3 Å². The highest BCUT2D eigenvalue weighted by Gasteiger charge is 2.18. The lowest BCUT2D eigenvalue weighted by molar-refractivity contribution is -0.143. The number of allylic oxidation sites excluding steroid dienone is 7. The van der Waals surface area contributed by atoms with E-state index >= 15 is 0 Å². The van der Waals surface area contributed by atoms with Gasteiger partial charge in [0.1, 0.15) is 0 Å². The first-order chi connectivity index (χ1) is 39.5. The summed E-state index contributed by atoms with van der Waals surface area (Å²) in [6, 6.07) is -0.629. The third-order valence-corrected chi connectivity index (χ3v) is 16.6. The highest BCUT2D eigenvalue weighted by molar-refractivity contribution is 5.76. The van der Waals surface area contributed by atoms with Crippen LogP contribution in [0.3, 0.4) is 0 Å². The molecule has 0 aromatic carbocycles. The second kappa shape index (κ2) is 69.3. The van der Waals surface area contributed by atoms with Crippen LogP contribution in [0.25, 0.3) is 0 Å². The maximum absolute atomic E-state index is 12.5. The summed E-state index contributed by atoms with van der Waals surface area (Å²) < 4.78 is 5.49. The Hall–Kier alpha value is -2.18. The lowest BCUT2D eigenvalue weighted by atomic mass is 10.0. The van der Waals surface area contributed by atoms with E-state index in [1.54, 1.807) is 6.08 Å². The summed E-state index contributed by atoms with van der Waals surface area (Å²) in [6.45, 7) is 4.90. The number of aliphatic hydroxyl groups is 2. The lowest BCUT2D eigenvalue weighted by Crippen LogP contribution is -2.45. The van der Waals surface area contributed by atoms with Gasteiger partial charge in [-0.15, -0.1) is 0 Å². The number of hydrogen-bond donors (Lipinski definition) is 3. The monoisotopic (exact) mass is 1120 g/mol. The van der Waals surface area contributed by atoms with Crippen LogP contribution in [0.15, 0.2) is 48.6 Å². The van der Waals surface area contributed by atoms with Crippen molar-refractivity contribution >= 4 is 11.9 Å². The summed E-state index contributed by atoms with van der Waals surface area (Å²) in [5.74, 6) is -0.0633. The van der Waals surface area contributed by atoms with Crippen LogP contribution in [0, 0.1) is 0 Å². The molecule has 6 nitrogen and oxygen atoms in total. The molecule has 0 spiro atoms. The highest BCUT2D eigenvalue weighted by Crippen LogP contribution is 2.18. The molecule has 0 bridgehead atoms. The van der Waals surface area contributed by atoms with Gasteiger partial charge in [0, 0.05) is 12.8 Å². The second-order valence-electron chi connectivity index (χ2n) is 24.6. The number of esters is 1. The summed E-state index contributed by atoms with van der Waals surface area (Å²) in [4.78, 5) is 24.6. The Morgan fingerprint density at radius 2 is 0.625 bits per heavy atom. The van der Waals surface area contributed by atoms with Gasteiger partial charge in [0.25, 0.3) is 0 Å². The number of amides is 1. The van der Waals surface area contributed by atoms with E-state index in [1.165, 1.54) is 308 Å². The first-order valence-electron chi connectivity index (χ1n) is 35.9. The average Bonchev–Trinajstić information content (AvgIpc) is 3.46. The van der Waals surface area contributed by atoms with E-state index in [9.17, 15) is 19.8 Å². The average molecular weight is 1120 g/mol. The molecule has 80 heavy (non-hydrogen) atoms. The molecule has 0 saturated carbocycles. The van der Waals surface area contributed by atoms with E-state index in [0.29, 0.717) is 19.4 Å². The Kier molecular flexibility index (Phi) is 67.4. The van der Waals surface area contributed by atoms with Crippen molar-refractivity contribution in [1.29, 1.82) is 0 Å². The fraction of sp³-hybridized carbons (Fsp3) is 0.865. The standard InChI is InChI=1S/C74H139NO5/c1-3-5-7-9-11-13-15-17-19-20-21-32-35-39-42-46-50-54-58-62-66-72(77)71(70-76)75-73(78)67-63-59-55-51-47-43-40-36-33-30-28-26-24-22-23-25-27-29-31-34-37-41-45-49-53-57-61-65-69-80-74(79)68-64-60-56-52-48-44-38-18-16-14-12-10-8-6-4-2/h12,14,18,22-23,38,62,66,71-72,76-77H,3-11,13,15-17,19-21,24-37,39-61,63-65,67-70H2,1-2H3,(H,75,78)/b14-12-,23-22-,38-18-,66-62+. The van der Waals surface area contributed by atoms with Crippen LogP contribution in [0.4, 0.5) is 0 Å². The van der Waals surface area contributed by atoms with Crippen LogP contribution in [0.5, 0.6) is 0 Å². The Morgan fingerprint density at radius 3 is 0.988 bits per heavy atom. The molecule has 0 rings (SSSR count). The number of unbranched alkanes of at least 4 members (excludes halogenated alkanes) is 50. The fourth-order valence-corrected chi connectivity index (χ4v) is 11.1. The van der Waals surface area contributed by atoms with E-state index < -0.39 is 12.1 Å². The van der Waals surface area contributed by atoms with Gasteiger partial charge in [-0.1, -0.05) is 332 Å². The molecule has 0 aromatic heterocycles. The lowest BCUT2D eigenvalue weighted by Gasteiger charge is -2.20. The van der Waals surface area contributed by atoms with Crippen molar-refractivity contribution in [2.24, 2.45) is 0 Å². The molecule has 0 radical (unpaired) electrons. The molecule has 0 aromatic rings. The molecule has 0 heterocycles. The SMILES string of the molecule is CCCCC/C=C\C/C=C\CCCCCCCC(=O)OCCCCCCCCCCCCCC/C=C\CCCCCCCCCCCCCCC(=O)NC(CO)C(O)/C=C/CCCCCCCCCCCCCCCCCCCC. The number of ether oxygens (including phenoxy) is 1. The molecule has 2 unspecified atom stereocenters. The van der Waals surface area contributed by atoms with Crippen LogP contribution >= 0.6 is 0 Å². The van der Waals surface area contributed by atoms with E-state index in [2.05, 4.69) is 55.6 Å². The minimum atomic E-state index is -0.846. The van der Waals surface area contributed by atoms with Gasteiger partial charge >= 0.3 is 5.97 Å². The minimum absolute atomic E-state index is 0.00161. The van der Waals surface area contributed by atoms with Crippen molar-refractivity contribution in [3.05, 3.63) is 48.6 Å². The van der Waals surface area contributed by atoms with Crippen LogP contribution in [-0.2, 0) is 14.3 Å². The van der Waals surface area contributed by atoms with E-state index in [4.69, 9.17) is 4.74 Å². The van der Waals surface area contributed by atoms with Gasteiger partial charge in [-0.05, 0) is 89.9 Å². The van der Waals surface area contributed by atoms with Gasteiger partial charge in [0.15, 0.2) is 0 Å². The summed E-state index contributed by atoms with van der Waals surface area (Å²) >= 11 is 0. The first kappa shape index (κ1) is 77.8. The number of nitrogens with one attached hydrogen (secondary N) is 1. The Balaban J connectivity index is 3.41. The van der Waals surface area contributed by atoms with Gasteiger partial charge in [-0.3, -0.25) is 9.59 Å². The molecular formula is C74H139NO5. The van der Waals surface area contributed by atoms with Crippen LogP contribution in [-0.4, -0.2) is 47.4 Å². The highest BCUT2D eigenvalue weighted by atomic mass is 16.5. The van der Waals surface area contributed by atoms with Gasteiger partial charge in [-0.2, -0.15) is 0 Å². The minimum Gasteiger partial charge on any atom is -0.466 e. The number of carbonyl (C=O) groups is 2. The van der Waals surface area contributed by atoms with Gasteiger partial charge in [0.05, 0.1) is 25.4 Å². The second-order valence-corrected chi connectivity index (χ2v) is 24.6. The zero-order valence-electron chi connectivity index (χ0n) is 53.8. The van der Waals surface area contributed by atoms with Crippen LogP contribution < -0.4 is 5.32 Å². The molecule has 1 amide bonds. The molecule has 0 aliphatic rings. The number of aliphatic hydroxyl groups excluding tert-OH is 2. The van der Waals surface area contributed by atoms with Crippen molar-refractivity contribution in [3.63, 3.8) is 0 Å². The van der Waals surface area contributed by atoms with Gasteiger partial charge in [0.2, 0.25) is 5.91 Å². The molecule has 470 valence electrons. The Labute approximate surface area is 499 Å². The number of hydrogen-bond acceptors (Lipinski definition) is 5. The maximum Gasteiger partial charge on any atom is 0.305 e. The Bertz CT molecular complexity index is 1340. The van der Waals surface area contributed by atoms with Crippen molar-refractivity contribution < 1.29 is 24.5 Å². The predicted molar refractivity (Wildman–Crippen MR) is 352 cm³/mol. The van der Waals surface area contributed by atoms with Crippen LogP contribution in [0.2, 0.25) is 0 Å². The Morgan fingerprint density at radius 1 is 0.350 bits per heavy atom. The fourth-order valence-electron chi connectivity index (χ4n) is 11.1. The summed E-state index contributed by atoms with van der Waals surface area (Å²) in [5.41, 5.74) is 0. The van der Waals surface area contributed by atoms with Crippen molar-refractivity contribution in [2.75, 3.05) is 13.2 Å². The number of carbonyl (C=O) groups excluding carboxylic acids is 2. The first-order valence-corrected chi connectivity index (χ1v) is 35.9. The third kappa shape index (κ3) is 65.0. The zero-order chi connectivity index (χ0) is 57.8. The molecule has 0 aliphatic carbocycles. The quantitative estimate of drug-likeness (QED) is 0.0320. The molecule has 6 heteroatoms. The largest absolute Gasteiger partial charge is 0.466 e. The number of rotatable bonds is 67. The third-order valence-electron chi connectivity index (χ3n) is 16.6. The van der Waals surface area contributed by atoms with E-state index in [-0.39, 0.29) is 18.5 Å². The predicted octanol–water partition coefficient (Wildman–Crippen LogP) is 23.3. The van der Waals surface area contributed by atoms with Gasteiger partial charge in [-0.25, -0.2) is 0 Å². The molecule has 0 saturated heterocycles. The van der Waals surface area contributed by atoms with Crippen molar-refractivity contribution in [3.8, 4) is 0 Å². The van der Waals surface area contributed by atoms with E-state index in [0.717, 1.165) is 51.4 Å². The topological polar surface area (TPSA) is 95.9 Å². The van der Waals surface area contributed by atoms with Crippen molar-refractivity contribution in [1.82, 2.24) is 5.32 Å². The maximum atomic E-state index is 12.5. The smallest absolute Gasteiger partial charge is 0.305 e. The molecule has 2 atom stereocenters. The van der Waals surface area contributed by atoms with E-state index in [1.807, 2.05) is 6.08 Å². The molecule has 0 aliphatic heterocycles. The summed E-state index contributed by atoms with van der Waals surface area (Å²) in [7, 11) is 0. The normalized spacial score (nSPS) is 12.8.